The highest BCUT2D eigenvalue weighted by Gasteiger charge is 2.60. The van der Waals surface area contributed by atoms with Crippen LogP contribution in [0.15, 0.2) is 4.79 Å². The number of terminal acetylenes is 1. The number of imidazole rings is 1. The van der Waals surface area contributed by atoms with E-state index < -0.39 is 48.7 Å². The number of aromatic amines is 1. The van der Waals surface area contributed by atoms with Crippen molar-refractivity contribution in [1.82, 2.24) is 19.5 Å². The van der Waals surface area contributed by atoms with E-state index in [0.717, 1.165) is 25.7 Å². The first kappa shape index (κ1) is 23.2. The Morgan fingerprint density at radius 3 is 2.68 bits per heavy atom. The summed E-state index contributed by atoms with van der Waals surface area (Å²) in [6, 6.07) is 0. The molecular weight excluding hydrogens is 449 g/mol. The summed E-state index contributed by atoms with van der Waals surface area (Å²) in [7, 11) is 0. The number of H-pyrrole nitrogens is 1. The van der Waals surface area contributed by atoms with Crippen LogP contribution in [0, 0.1) is 12.3 Å². The molecule has 3 saturated heterocycles. The first-order chi connectivity index (χ1) is 16.5. The van der Waals surface area contributed by atoms with Gasteiger partial charge in [-0.25, -0.2) is 9.37 Å². The van der Waals surface area contributed by atoms with Crippen molar-refractivity contribution in [2.24, 2.45) is 0 Å². The molecule has 0 spiro atoms. The number of aliphatic hydroxyl groups is 1. The molecule has 5 rings (SSSR count). The predicted molar refractivity (Wildman–Crippen MR) is 117 cm³/mol. The number of rotatable bonds is 5. The van der Waals surface area contributed by atoms with Crippen LogP contribution in [-0.2, 0) is 18.9 Å². The fourth-order valence-corrected chi connectivity index (χ4v) is 4.88. The minimum atomic E-state index is -2.54. The molecule has 0 amide bonds. The number of nitrogen functional groups attached to an aromatic ring is 1. The Bertz CT molecular complexity index is 1140. The van der Waals surface area contributed by atoms with Gasteiger partial charge in [-0.2, -0.15) is 4.98 Å². The molecule has 0 aliphatic carbocycles. The summed E-state index contributed by atoms with van der Waals surface area (Å²) in [5, 5.41) is 10.0. The summed E-state index contributed by atoms with van der Waals surface area (Å²) >= 11 is 0. The zero-order valence-corrected chi connectivity index (χ0v) is 18.6. The monoisotopic (exact) mass is 477 g/mol. The van der Waals surface area contributed by atoms with Crippen LogP contribution in [-0.4, -0.2) is 68.6 Å². The molecule has 12 heteroatoms. The van der Waals surface area contributed by atoms with E-state index in [4.69, 9.17) is 31.1 Å². The number of nitrogens with one attached hydrogen (secondary N) is 1. The van der Waals surface area contributed by atoms with Crippen LogP contribution in [0.4, 0.5) is 10.3 Å². The highest BCUT2D eigenvalue weighted by atomic mass is 19.1. The number of halogens is 1. The third-order valence-corrected chi connectivity index (χ3v) is 6.55. The zero-order valence-electron chi connectivity index (χ0n) is 18.6. The quantitative estimate of drug-likeness (QED) is 0.538. The molecule has 5 heterocycles. The van der Waals surface area contributed by atoms with Crippen molar-refractivity contribution in [3.63, 3.8) is 0 Å². The maximum absolute atomic E-state index is 16.7. The molecule has 0 radical (unpaired) electrons. The number of hydrogen-bond acceptors (Lipinski definition) is 9. The van der Waals surface area contributed by atoms with Gasteiger partial charge in [0.2, 0.25) is 11.6 Å². The Balaban J connectivity index is 1.62. The lowest BCUT2D eigenvalue weighted by molar-refractivity contribution is -0.211. The molecule has 3 aliphatic heterocycles. The maximum atomic E-state index is 16.7. The molecule has 0 saturated carbocycles. The van der Waals surface area contributed by atoms with Gasteiger partial charge in [0.15, 0.2) is 23.7 Å². The third-order valence-electron chi connectivity index (χ3n) is 6.55. The number of ether oxygens (including phenoxy) is 4. The minimum Gasteiger partial charge on any atom is -0.394 e. The van der Waals surface area contributed by atoms with Crippen LogP contribution >= 0.6 is 0 Å². The summed E-state index contributed by atoms with van der Waals surface area (Å²) in [4.78, 5) is 23.7. The maximum Gasteiger partial charge on any atom is 0.280 e. The van der Waals surface area contributed by atoms with Gasteiger partial charge in [-0.15, -0.1) is 6.42 Å². The van der Waals surface area contributed by atoms with Gasteiger partial charge in [-0.1, -0.05) is 5.92 Å². The molecule has 0 bridgehead atoms. The van der Waals surface area contributed by atoms with Crippen LogP contribution in [0.25, 0.3) is 11.2 Å². The molecule has 0 aromatic carbocycles. The highest BCUT2D eigenvalue weighted by molar-refractivity contribution is 5.72. The topological polar surface area (TPSA) is 147 Å². The number of aromatic nitrogens is 4. The summed E-state index contributed by atoms with van der Waals surface area (Å²) in [5.41, 5.74) is 2.64. The Morgan fingerprint density at radius 1 is 1.26 bits per heavy atom. The summed E-state index contributed by atoms with van der Waals surface area (Å²) < 4.78 is 41.4. The molecule has 2 aromatic heterocycles. The van der Waals surface area contributed by atoms with Gasteiger partial charge >= 0.3 is 0 Å². The molecule has 184 valence electrons. The van der Waals surface area contributed by atoms with Gasteiger partial charge in [0.1, 0.15) is 24.1 Å². The first-order valence-electron chi connectivity index (χ1n) is 11.6. The third kappa shape index (κ3) is 3.87. The fraction of sp³-hybridized carbons (Fsp3) is 0.682. The van der Waals surface area contributed by atoms with E-state index in [9.17, 15) is 9.90 Å². The highest BCUT2D eigenvalue weighted by Crippen LogP contribution is 2.46. The van der Waals surface area contributed by atoms with Crippen molar-refractivity contribution in [2.45, 2.75) is 75.0 Å². The number of nitrogens with two attached hydrogens (primary N) is 1. The molecule has 11 nitrogen and oxygen atoms in total. The Morgan fingerprint density at radius 2 is 2.03 bits per heavy atom. The molecule has 3 fully saturated rings. The molecular formula is C22H28FN5O6. The number of anilines is 1. The van der Waals surface area contributed by atoms with Crippen molar-refractivity contribution < 1.29 is 28.4 Å². The van der Waals surface area contributed by atoms with Crippen molar-refractivity contribution in [3.05, 3.63) is 16.2 Å². The summed E-state index contributed by atoms with van der Waals surface area (Å²) in [6.07, 6.45) is 5.29. The zero-order chi connectivity index (χ0) is 23.9. The average Bonchev–Trinajstić information content (AvgIpc) is 3.36. The van der Waals surface area contributed by atoms with E-state index in [2.05, 4.69) is 20.9 Å². The second-order valence-electron chi connectivity index (χ2n) is 8.79. The Kier molecular flexibility index (Phi) is 6.30. The van der Waals surface area contributed by atoms with Crippen molar-refractivity contribution in [3.8, 4) is 12.3 Å². The van der Waals surface area contributed by atoms with Crippen LogP contribution in [0.3, 0.4) is 0 Å². The van der Waals surface area contributed by atoms with Gasteiger partial charge in [0.05, 0.1) is 6.61 Å². The van der Waals surface area contributed by atoms with Crippen molar-refractivity contribution >= 4 is 17.1 Å². The van der Waals surface area contributed by atoms with Crippen molar-refractivity contribution in [2.75, 3.05) is 25.6 Å². The summed E-state index contributed by atoms with van der Waals surface area (Å²) in [6.45, 7) is 0.437. The largest absolute Gasteiger partial charge is 0.394 e. The van der Waals surface area contributed by atoms with E-state index in [0.29, 0.717) is 26.1 Å². The van der Waals surface area contributed by atoms with E-state index in [-0.39, 0.29) is 22.9 Å². The number of hydrogen-bond donors (Lipinski definition) is 3. The molecule has 3 aliphatic rings. The molecule has 34 heavy (non-hydrogen) atoms. The molecule has 2 aromatic rings. The fourth-order valence-electron chi connectivity index (χ4n) is 4.88. The van der Waals surface area contributed by atoms with Gasteiger partial charge in [-0.3, -0.25) is 14.3 Å². The molecule has 2 unspecified atom stereocenters. The number of fused-ring (bicyclic) bond motifs is 1. The van der Waals surface area contributed by atoms with E-state index in [1.54, 1.807) is 0 Å². The van der Waals surface area contributed by atoms with Gasteiger partial charge < -0.3 is 29.8 Å². The van der Waals surface area contributed by atoms with Crippen LogP contribution in [0.1, 0.15) is 56.7 Å². The molecule has 6 atom stereocenters. The Labute approximate surface area is 194 Å². The van der Waals surface area contributed by atoms with E-state index >= 15 is 4.39 Å². The van der Waals surface area contributed by atoms with E-state index in [1.807, 2.05) is 0 Å². The van der Waals surface area contributed by atoms with Crippen LogP contribution < -0.4 is 11.3 Å². The minimum absolute atomic E-state index is 0.0129. The average molecular weight is 477 g/mol. The van der Waals surface area contributed by atoms with Gasteiger partial charge in [-0.05, 0) is 38.5 Å². The van der Waals surface area contributed by atoms with E-state index in [1.165, 1.54) is 4.57 Å². The predicted octanol–water partition coefficient (Wildman–Crippen LogP) is 1.09. The lowest BCUT2D eigenvalue weighted by Gasteiger charge is -2.32. The van der Waals surface area contributed by atoms with Crippen LogP contribution in [0.2, 0.25) is 0 Å². The number of aliphatic hydroxyl groups excluding tert-OH is 1. The second-order valence-corrected chi connectivity index (χ2v) is 8.79. The SMILES string of the molecule is C#C[C@@]1(F)[C@H](OC2CCCCO2)[C@@H](CO)O[C@@H]1n1c(C2CCCCO2)nc2c(=O)[nH]c(N)nc21. The second kappa shape index (κ2) is 9.24. The van der Waals surface area contributed by atoms with Crippen molar-refractivity contribution in [1.29, 1.82) is 0 Å². The molecule has 4 N–H and O–H groups in total. The van der Waals surface area contributed by atoms with Gasteiger partial charge in [0, 0.05) is 13.2 Å². The first-order valence-corrected chi connectivity index (χ1v) is 11.6. The number of nitrogens with zero attached hydrogens (tertiary/aromatic N) is 3. The lowest BCUT2D eigenvalue weighted by atomic mass is 9.96. The standard InChI is InChI=1S/C22H28FN5O6/c1-2-22(23)16(34-14-8-4-6-10-32-14)13(11-29)33-20(22)28-17(12-7-3-5-9-31-12)25-15-18(28)26-21(24)27-19(15)30/h1,12-14,16,20,29H,3-11H2,(H3,24,26,27,30)/t12?,13-,14?,16-,20+,22-/m1/s1. The summed E-state index contributed by atoms with van der Waals surface area (Å²) in [5.74, 6) is 2.28. The number of alkyl halides is 1. The van der Waals surface area contributed by atoms with Gasteiger partial charge in [0.25, 0.3) is 5.56 Å². The van der Waals surface area contributed by atoms with Crippen LogP contribution in [0.5, 0.6) is 0 Å². The normalized spacial score (nSPS) is 34.3. The Hall–Kier alpha value is -2.56. The smallest absolute Gasteiger partial charge is 0.280 e. The lowest BCUT2D eigenvalue weighted by Crippen LogP contribution is -2.47.